The van der Waals surface area contributed by atoms with Crippen molar-refractivity contribution >= 4 is 17.1 Å². The standard InChI is InChI=1S/C20H20O2/c1-12-5-7-17-14(3)20(22-11-16(17)9-12)19-10-13(2)6-8-18(19)15(4)21/h5-10H,11H2,1-4H3. The summed E-state index contributed by atoms with van der Waals surface area (Å²) in [5.74, 6) is 0.888. The first-order chi connectivity index (χ1) is 10.5. The number of ketones is 1. The Morgan fingerprint density at radius 3 is 2.36 bits per heavy atom. The van der Waals surface area contributed by atoms with E-state index in [-0.39, 0.29) is 5.78 Å². The largest absolute Gasteiger partial charge is 0.488 e. The Morgan fingerprint density at radius 2 is 1.64 bits per heavy atom. The molecule has 2 aromatic rings. The van der Waals surface area contributed by atoms with Crippen molar-refractivity contribution in [3.8, 4) is 0 Å². The summed E-state index contributed by atoms with van der Waals surface area (Å²) in [6.07, 6.45) is 0. The summed E-state index contributed by atoms with van der Waals surface area (Å²) >= 11 is 0. The van der Waals surface area contributed by atoms with Gasteiger partial charge >= 0.3 is 0 Å². The number of ether oxygens (including phenoxy) is 1. The average Bonchev–Trinajstić information content (AvgIpc) is 2.47. The summed E-state index contributed by atoms with van der Waals surface area (Å²) in [6.45, 7) is 8.33. The van der Waals surface area contributed by atoms with Crippen molar-refractivity contribution in [1.82, 2.24) is 0 Å². The molecule has 2 nitrogen and oxygen atoms in total. The van der Waals surface area contributed by atoms with Crippen LogP contribution in [0.5, 0.6) is 0 Å². The maximum absolute atomic E-state index is 11.9. The molecule has 2 heteroatoms. The SMILES string of the molecule is CC(=O)c1ccc(C)cc1C1=C(C)c2ccc(C)cc2CO1. The molecule has 1 aliphatic rings. The van der Waals surface area contributed by atoms with Crippen LogP contribution in [0.1, 0.15) is 52.0 Å². The molecule has 0 aromatic heterocycles. The average molecular weight is 292 g/mol. The second-order valence-electron chi connectivity index (χ2n) is 6.01. The van der Waals surface area contributed by atoms with E-state index in [1.165, 1.54) is 16.7 Å². The highest BCUT2D eigenvalue weighted by molar-refractivity contribution is 6.02. The lowest BCUT2D eigenvalue weighted by Gasteiger charge is -2.24. The van der Waals surface area contributed by atoms with Gasteiger partial charge in [-0.3, -0.25) is 4.79 Å². The quantitative estimate of drug-likeness (QED) is 0.734. The van der Waals surface area contributed by atoms with E-state index in [2.05, 4.69) is 32.0 Å². The monoisotopic (exact) mass is 292 g/mol. The number of benzene rings is 2. The molecule has 1 aliphatic heterocycles. The predicted octanol–water partition coefficient (Wildman–Crippen LogP) is 4.92. The molecule has 0 bridgehead atoms. The molecule has 0 fully saturated rings. The lowest BCUT2D eigenvalue weighted by Crippen LogP contribution is -2.09. The van der Waals surface area contributed by atoms with Crippen LogP contribution in [-0.4, -0.2) is 5.78 Å². The molecule has 0 N–H and O–H groups in total. The number of allylic oxidation sites excluding steroid dienone is 1. The molecule has 0 radical (unpaired) electrons. The van der Waals surface area contributed by atoms with Crippen LogP contribution < -0.4 is 0 Å². The Labute approximate surface area is 131 Å². The number of aryl methyl sites for hydroxylation is 2. The van der Waals surface area contributed by atoms with E-state index in [0.29, 0.717) is 6.61 Å². The van der Waals surface area contributed by atoms with Crippen molar-refractivity contribution in [3.63, 3.8) is 0 Å². The number of Topliss-reactive ketones (excluding diaryl/α,β-unsaturated/α-hetero) is 1. The summed E-state index contributed by atoms with van der Waals surface area (Å²) in [4.78, 5) is 11.9. The molecule has 0 amide bonds. The summed E-state index contributed by atoms with van der Waals surface area (Å²) < 4.78 is 6.03. The zero-order valence-electron chi connectivity index (χ0n) is 13.5. The second-order valence-corrected chi connectivity index (χ2v) is 6.01. The summed E-state index contributed by atoms with van der Waals surface area (Å²) in [5.41, 5.74) is 7.49. The van der Waals surface area contributed by atoms with E-state index in [0.717, 1.165) is 28.0 Å². The van der Waals surface area contributed by atoms with E-state index in [1.807, 2.05) is 25.1 Å². The predicted molar refractivity (Wildman–Crippen MR) is 89.6 cm³/mol. The fourth-order valence-corrected chi connectivity index (χ4v) is 3.02. The third-order valence-electron chi connectivity index (χ3n) is 4.18. The molecule has 0 saturated heterocycles. The number of hydrogen-bond donors (Lipinski definition) is 0. The van der Waals surface area contributed by atoms with Crippen LogP contribution in [0.15, 0.2) is 36.4 Å². The minimum Gasteiger partial charge on any atom is -0.488 e. The van der Waals surface area contributed by atoms with E-state index in [4.69, 9.17) is 4.74 Å². The smallest absolute Gasteiger partial charge is 0.160 e. The lowest BCUT2D eigenvalue weighted by molar-refractivity contribution is 0.101. The van der Waals surface area contributed by atoms with Gasteiger partial charge < -0.3 is 4.74 Å². The van der Waals surface area contributed by atoms with Gasteiger partial charge in [-0.2, -0.15) is 0 Å². The van der Waals surface area contributed by atoms with Crippen LogP contribution in [0.3, 0.4) is 0 Å². The minimum atomic E-state index is 0.0635. The first kappa shape index (κ1) is 14.6. The van der Waals surface area contributed by atoms with Crippen LogP contribution in [0.25, 0.3) is 11.3 Å². The first-order valence-electron chi connectivity index (χ1n) is 7.53. The number of carbonyl (C=O) groups is 1. The van der Waals surface area contributed by atoms with Crippen molar-refractivity contribution in [2.45, 2.75) is 34.3 Å². The Bertz CT molecular complexity index is 797. The van der Waals surface area contributed by atoms with E-state index in [1.54, 1.807) is 6.92 Å². The number of fused-ring (bicyclic) bond motifs is 1. The molecule has 1 heterocycles. The van der Waals surface area contributed by atoms with Crippen molar-refractivity contribution in [2.24, 2.45) is 0 Å². The van der Waals surface area contributed by atoms with Gasteiger partial charge in [0.1, 0.15) is 12.4 Å². The second kappa shape index (κ2) is 5.45. The van der Waals surface area contributed by atoms with E-state index in [9.17, 15) is 4.79 Å². The zero-order chi connectivity index (χ0) is 15.9. The first-order valence-corrected chi connectivity index (χ1v) is 7.53. The fourth-order valence-electron chi connectivity index (χ4n) is 3.02. The van der Waals surface area contributed by atoms with Crippen LogP contribution in [0, 0.1) is 13.8 Å². The van der Waals surface area contributed by atoms with Crippen LogP contribution >= 0.6 is 0 Å². The van der Waals surface area contributed by atoms with Gasteiger partial charge in [-0.1, -0.05) is 41.5 Å². The Balaban J connectivity index is 2.21. The van der Waals surface area contributed by atoms with Crippen molar-refractivity contribution in [3.05, 3.63) is 69.8 Å². The van der Waals surface area contributed by atoms with Gasteiger partial charge in [-0.15, -0.1) is 0 Å². The highest BCUT2D eigenvalue weighted by Crippen LogP contribution is 2.36. The normalized spacial score (nSPS) is 13.6. The number of rotatable bonds is 2. The molecular weight excluding hydrogens is 272 g/mol. The molecule has 0 aliphatic carbocycles. The van der Waals surface area contributed by atoms with E-state index >= 15 is 0 Å². The maximum atomic E-state index is 11.9. The summed E-state index contributed by atoms with van der Waals surface area (Å²) in [5, 5.41) is 0. The van der Waals surface area contributed by atoms with Gasteiger partial charge in [0.15, 0.2) is 5.78 Å². The zero-order valence-corrected chi connectivity index (χ0v) is 13.5. The summed E-state index contributed by atoms with van der Waals surface area (Å²) in [6, 6.07) is 12.3. The Kier molecular flexibility index (Phi) is 3.61. The summed E-state index contributed by atoms with van der Waals surface area (Å²) in [7, 11) is 0. The molecule has 2 aromatic carbocycles. The Morgan fingerprint density at radius 1 is 0.955 bits per heavy atom. The molecule has 22 heavy (non-hydrogen) atoms. The van der Waals surface area contributed by atoms with Gasteiger partial charge in [0.05, 0.1) is 0 Å². The molecule has 0 saturated carbocycles. The molecule has 0 atom stereocenters. The highest BCUT2D eigenvalue weighted by atomic mass is 16.5. The number of carbonyl (C=O) groups excluding carboxylic acids is 1. The van der Waals surface area contributed by atoms with Crippen LogP contribution in [0.4, 0.5) is 0 Å². The molecule has 112 valence electrons. The third kappa shape index (κ3) is 2.45. The minimum absolute atomic E-state index is 0.0635. The van der Waals surface area contributed by atoms with Gasteiger partial charge in [-0.25, -0.2) is 0 Å². The fraction of sp³-hybridized carbons (Fsp3) is 0.250. The maximum Gasteiger partial charge on any atom is 0.160 e. The molecular formula is C20H20O2. The lowest BCUT2D eigenvalue weighted by atomic mass is 9.91. The van der Waals surface area contributed by atoms with Crippen molar-refractivity contribution < 1.29 is 9.53 Å². The van der Waals surface area contributed by atoms with Crippen LogP contribution in [0.2, 0.25) is 0 Å². The highest BCUT2D eigenvalue weighted by Gasteiger charge is 2.21. The van der Waals surface area contributed by atoms with Gasteiger partial charge in [-0.05, 0) is 50.5 Å². The van der Waals surface area contributed by atoms with Gasteiger partial charge in [0.2, 0.25) is 0 Å². The third-order valence-corrected chi connectivity index (χ3v) is 4.18. The van der Waals surface area contributed by atoms with Gasteiger partial charge in [0, 0.05) is 11.1 Å². The van der Waals surface area contributed by atoms with Gasteiger partial charge in [0.25, 0.3) is 0 Å². The van der Waals surface area contributed by atoms with Crippen molar-refractivity contribution in [2.75, 3.05) is 0 Å². The Hall–Kier alpha value is -2.35. The number of hydrogen-bond acceptors (Lipinski definition) is 2. The molecule has 3 rings (SSSR count). The van der Waals surface area contributed by atoms with E-state index < -0.39 is 0 Å². The van der Waals surface area contributed by atoms with Crippen LogP contribution in [-0.2, 0) is 11.3 Å². The van der Waals surface area contributed by atoms with Crippen molar-refractivity contribution in [1.29, 1.82) is 0 Å². The topological polar surface area (TPSA) is 26.3 Å². The molecule has 0 unspecified atom stereocenters. The molecule has 0 spiro atoms.